The molecular weight excluding hydrogens is 302 g/mol. The number of nitrogens with one attached hydrogen (secondary N) is 3. The van der Waals surface area contributed by atoms with Gasteiger partial charge in [0.15, 0.2) is 0 Å². The van der Waals surface area contributed by atoms with Crippen LogP contribution in [-0.2, 0) is 4.79 Å². The summed E-state index contributed by atoms with van der Waals surface area (Å²) in [6.45, 7) is 1.99. The van der Waals surface area contributed by atoms with Gasteiger partial charge in [0, 0.05) is 11.1 Å². The highest BCUT2D eigenvalue weighted by molar-refractivity contribution is 8.00. The predicted octanol–water partition coefficient (Wildman–Crippen LogP) is 1.24. The Balaban J connectivity index is 1.80. The monoisotopic (exact) mass is 317 g/mol. The van der Waals surface area contributed by atoms with E-state index in [1.807, 2.05) is 31.2 Å². The van der Waals surface area contributed by atoms with E-state index in [0.717, 1.165) is 10.5 Å². The molecule has 0 radical (unpaired) electrons. The molecule has 0 atom stereocenters. The number of hydrogen-bond acceptors (Lipinski definition) is 4. The molecule has 3 N–H and O–H groups in total. The van der Waals surface area contributed by atoms with Crippen molar-refractivity contribution >= 4 is 23.6 Å². The quantitative estimate of drug-likeness (QED) is 0.584. The minimum absolute atomic E-state index is 0.0611. The minimum atomic E-state index is -0.657. The Morgan fingerprint density at radius 2 is 1.86 bits per heavy atom. The van der Waals surface area contributed by atoms with E-state index in [0.29, 0.717) is 0 Å². The van der Waals surface area contributed by atoms with Gasteiger partial charge < -0.3 is 4.98 Å². The van der Waals surface area contributed by atoms with Crippen molar-refractivity contribution in [1.82, 2.24) is 15.8 Å². The summed E-state index contributed by atoms with van der Waals surface area (Å²) in [5.74, 6) is -0.851. The normalized spacial score (nSPS) is 10.0. The second-order valence-corrected chi connectivity index (χ2v) is 5.57. The number of thioether (sulfide) groups is 1. The molecule has 2 aromatic rings. The summed E-state index contributed by atoms with van der Waals surface area (Å²) in [7, 11) is 0. The van der Waals surface area contributed by atoms with Gasteiger partial charge in [-0.05, 0) is 31.2 Å². The zero-order valence-electron chi connectivity index (χ0n) is 11.9. The first kappa shape index (κ1) is 15.8. The van der Waals surface area contributed by atoms with Gasteiger partial charge in [-0.25, -0.2) is 0 Å². The average Bonchev–Trinajstić information content (AvgIpc) is 2.52. The van der Waals surface area contributed by atoms with Crippen LogP contribution in [-0.4, -0.2) is 22.6 Å². The van der Waals surface area contributed by atoms with Gasteiger partial charge >= 0.3 is 0 Å². The van der Waals surface area contributed by atoms with Gasteiger partial charge in [0.1, 0.15) is 5.56 Å². The molecule has 0 aliphatic carbocycles. The molecule has 0 spiro atoms. The number of hydrogen-bond donors (Lipinski definition) is 3. The Hall–Kier alpha value is -2.54. The standard InChI is InChI=1S/C15H15N3O3S/c1-10-4-6-11(7-5-10)22-9-13(19)17-18-15(21)12-3-2-8-16-14(12)20/h2-8H,9H2,1H3,(H,16,20)(H,17,19)(H,18,21). The molecule has 1 aromatic heterocycles. The lowest BCUT2D eigenvalue weighted by Crippen LogP contribution is -2.44. The lowest BCUT2D eigenvalue weighted by molar-refractivity contribution is -0.119. The van der Waals surface area contributed by atoms with Crippen molar-refractivity contribution < 1.29 is 9.59 Å². The van der Waals surface area contributed by atoms with Gasteiger partial charge in [-0.15, -0.1) is 11.8 Å². The number of carbonyl (C=O) groups is 2. The van der Waals surface area contributed by atoms with Gasteiger partial charge in [0.2, 0.25) is 5.91 Å². The maximum absolute atomic E-state index is 11.7. The van der Waals surface area contributed by atoms with Crippen molar-refractivity contribution in [1.29, 1.82) is 0 Å². The van der Waals surface area contributed by atoms with E-state index in [2.05, 4.69) is 15.8 Å². The van der Waals surface area contributed by atoms with Crippen molar-refractivity contribution in [3.63, 3.8) is 0 Å². The first-order chi connectivity index (χ1) is 10.6. The predicted molar refractivity (Wildman–Crippen MR) is 84.6 cm³/mol. The van der Waals surface area contributed by atoms with Crippen LogP contribution in [0.25, 0.3) is 0 Å². The largest absolute Gasteiger partial charge is 0.328 e. The van der Waals surface area contributed by atoms with Crippen molar-refractivity contribution in [2.45, 2.75) is 11.8 Å². The number of aryl methyl sites for hydroxylation is 1. The minimum Gasteiger partial charge on any atom is -0.328 e. The topological polar surface area (TPSA) is 91.1 Å². The van der Waals surface area contributed by atoms with Crippen molar-refractivity contribution in [2.24, 2.45) is 0 Å². The van der Waals surface area contributed by atoms with Gasteiger partial charge in [-0.2, -0.15) is 0 Å². The van der Waals surface area contributed by atoms with Crippen LogP contribution in [0.2, 0.25) is 0 Å². The Bertz CT molecular complexity index is 725. The molecule has 7 heteroatoms. The third-order valence-electron chi connectivity index (χ3n) is 2.77. The molecule has 22 heavy (non-hydrogen) atoms. The summed E-state index contributed by atoms with van der Waals surface area (Å²) in [4.78, 5) is 38.2. The van der Waals surface area contributed by atoms with Gasteiger partial charge in [0.25, 0.3) is 11.5 Å². The first-order valence-corrected chi connectivity index (χ1v) is 7.51. The Morgan fingerprint density at radius 3 is 2.55 bits per heavy atom. The Kier molecular flexibility index (Phi) is 5.37. The molecule has 2 amide bonds. The summed E-state index contributed by atoms with van der Waals surface area (Å²) in [6, 6.07) is 10.7. The van der Waals surface area contributed by atoms with Crippen LogP contribution in [0.4, 0.5) is 0 Å². The van der Waals surface area contributed by atoms with Crippen molar-refractivity contribution in [3.8, 4) is 0 Å². The highest BCUT2D eigenvalue weighted by Crippen LogP contribution is 2.17. The van der Waals surface area contributed by atoms with Crippen LogP contribution in [0.5, 0.6) is 0 Å². The molecule has 1 heterocycles. The number of aromatic amines is 1. The maximum Gasteiger partial charge on any atom is 0.275 e. The molecule has 0 saturated carbocycles. The van der Waals surface area contributed by atoms with Crippen LogP contribution in [0, 0.1) is 6.92 Å². The molecule has 6 nitrogen and oxygen atoms in total. The van der Waals surface area contributed by atoms with Crippen LogP contribution >= 0.6 is 11.8 Å². The second kappa shape index (κ2) is 7.46. The molecule has 2 rings (SSSR count). The summed E-state index contributed by atoms with van der Waals surface area (Å²) >= 11 is 1.36. The molecule has 0 bridgehead atoms. The van der Waals surface area contributed by atoms with Gasteiger partial charge in [-0.1, -0.05) is 17.7 Å². The van der Waals surface area contributed by atoms with E-state index in [9.17, 15) is 14.4 Å². The first-order valence-electron chi connectivity index (χ1n) is 6.52. The maximum atomic E-state index is 11.7. The molecule has 0 saturated heterocycles. The van der Waals surface area contributed by atoms with Crippen LogP contribution in [0.1, 0.15) is 15.9 Å². The molecule has 0 unspecified atom stereocenters. The molecule has 0 aliphatic rings. The number of hydrazine groups is 1. The van der Waals surface area contributed by atoms with E-state index >= 15 is 0 Å². The van der Waals surface area contributed by atoms with Crippen LogP contribution in [0.3, 0.4) is 0 Å². The zero-order chi connectivity index (χ0) is 15.9. The van der Waals surface area contributed by atoms with E-state index < -0.39 is 11.5 Å². The highest BCUT2D eigenvalue weighted by Gasteiger charge is 2.10. The van der Waals surface area contributed by atoms with Crippen molar-refractivity contribution in [3.05, 3.63) is 64.1 Å². The van der Waals surface area contributed by atoms with E-state index in [1.54, 1.807) is 0 Å². The van der Waals surface area contributed by atoms with Gasteiger partial charge in [0.05, 0.1) is 5.75 Å². The average molecular weight is 317 g/mol. The SMILES string of the molecule is Cc1ccc(SCC(=O)NNC(=O)c2ccc[nH]c2=O)cc1. The van der Waals surface area contributed by atoms with Crippen molar-refractivity contribution in [2.75, 3.05) is 5.75 Å². The summed E-state index contributed by atoms with van der Waals surface area (Å²) in [5, 5.41) is 0. The fourth-order valence-electron chi connectivity index (χ4n) is 1.61. The number of amides is 2. The summed E-state index contributed by atoms with van der Waals surface area (Å²) in [5.41, 5.74) is 5.07. The van der Waals surface area contributed by atoms with E-state index in [-0.39, 0.29) is 17.2 Å². The van der Waals surface area contributed by atoms with E-state index in [1.165, 1.54) is 30.1 Å². The molecule has 114 valence electrons. The van der Waals surface area contributed by atoms with E-state index in [4.69, 9.17) is 0 Å². The number of pyridine rings is 1. The lowest BCUT2D eigenvalue weighted by Gasteiger charge is -2.07. The number of rotatable bonds is 4. The summed E-state index contributed by atoms with van der Waals surface area (Å²) < 4.78 is 0. The smallest absolute Gasteiger partial charge is 0.275 e. The third kappa shape index (κ3) is 4.49. The highest BCUT2D eigenvalue weighted by atomic mass is 32.2. The molecule has 0 fully saturated rings. The number of benzene rings is 1. The Labute approximate surface area is 131 Å². The zero-order valence-corrected chi connectivity index (χ0v) is 12.7. The third-order valence-corrected chi connectivity index (χ3v) is 3.78. The second-order valence-electron chi connectivity index (χ2n) is 4.52. The molecule has 0 aliphatic heterocycles. The fraction of sp³-hybridized carbons (Fsp3) is 0.133. The number of aromatic nitrogens is 1. The lowest BCUT2D eigenvalue weighted by atomic mass is 10.2. The summed E-state index contributed by atoms with van der Waals surface area (Å²) in [6.07, 6.45) is 1.43. The molecule has 1 aromatic carbocycles. The fourth-order valence-corrected chi connectivity index (χ4v) is 2.31. The number of carbonyl (C=O) groups excluding carboxylic acids is 2. The van der Waals surface area contributed by atoms with Crippen LogP contribution in [0.15, 0.2) is 52.3 Å². The molecular formula is C15H15N3O3S. The van der Waals surface area contributed by atoms with Gasteiger partial charge in [-0.3, -0.25) is 25.2 Å². The Morgan fingerprint density at radius 1 is 1.14 bits per heavy atom. The van der Waals surface area contributed by atoms with Crippen LogP contribution < -0.4 is 16.4 Å². The number of H-pyrrole nitrogens is 1.